The number of nitrogens with one attached hydrogen (secondary N) is 2. The number of rotatable bonds is 7. The Morgan fingerprint density at radius 2 is 2.12 bits per heavy atom. The maximum Gasteiger partial charge on any atom is 0.251 e. The molecule has 6 nitrogen and oxygen atoms in total. The summed E-state index contributed by atoms with van der Waals surface area (Å²) in [5.41, 5.74) is 1.53. The molecular weight excluding hydrogens is 344 g/mol. The Morgan fingerprint density at radius 1 is 1.38 bits per heavy atom. The molecule has 2 N–H and O–H groups in total. The summed E-state index contributed by atoms with van der Waals surface area (Å²) in [5, 5.41) is 4.18. The first-order valence-electron chi connectivity index (χ1n) is 7.80. The smallest absolute Gasteiger partial charge is 0.251 e. The predicted molar refractivity (Wildman–Crippen MR) is 97.8 cm³/mol. The number of H-pyrrole nitrogens is 1. The molecule has 0 aliphatic carbocycles. The van der Waals surface area contributed by atoms with Crippen molar-refractivity contribution >= 4 is 29.0 Å². The molecule has 0 aliphatic rings. The average molecular weight is 367 g/mol. The molecule has 0 radical (unpaired) electrons. The lowest BCUT2D eigenvalue weighted by molar-refractivity contribution is -0.120. The van der Waals surface area contributed by atoms with Crippen molar-refractivity contribution in [2.75, 3.05) is 6.54 Å². The second-order valence-electron chi connectivity index (χ2n) is 5.60. The van der Waals surface area contributed by atoms with E-state index < -0.39 is 0 Å². The van der Waals surface area contributed by atoms with Crippen LogP contribution in [0.5, 0.6) is 0 Å². The molecule has 130 valence electrons. The molecule has 0 aromatic carbocycles. The third-order valence-corrected chi connectivity index (χ3v) is 5.56. The van der Waals surface area contributed by atoms with Crippen LogP contribution >= 0.6 is 23.1 Å². The van der Waals surface area contributed by atoms with E-state index in [0.717, 1.165) is 23.5 Å². The molecule has 0 saturated heterocycles. The molecular formula is C16H22N4O2S2. The summed E-state index contributed by atoms with van der Waals surface area (Å²) in [6.45, 7) is 8.25. The Balaban J connectivity index is 1.76. The zero-order valence-electron chi connectivity index (χ0n) is 14.3. The van der Waals surface area contributed by atoms with E-state index >= 15 is 0 Å². The molecule has 8 heteroatoms. The molecule has 0 aliphatic heterocycles. The van der Waals surface area contributed by atoms with Crippen LogP contribution in [-0.2, 0) is 11.2 Å². The van der Waals surface area contributed by atoms with E-state index in [0.29, 0.717) is 17.4 Å². The van der Waals surface area contributed by atoms with E-state index in [4.69, 9.17) is 0 Å². The maximum atomic E-state index is 12.1. The summed E-state index contributed by atoms with van der Waals surface area (Å²) in [4.78, 5) is 36.1. The van der Waals surface area contributed by atoms with Crippen LogP contribution in [0.1, 0.15) is 34.6 Å². The van der Waals surface area contributed by atoms with Gasteiger partial charge in [-0.2, -0.15) is 0 Å². The van der Waals surface area contributed by atoms with Gasteiger partial charge < -0.3 is 10.3 Å². The maximum absolute atomic E-state index is 12.1. The topological polar surface area (TPSA) is 87.7 Å². The van der Waals surface area contributed by atoms with Gasteiger partial charge in [0.2, 0.25) is 5.91 Å². The number of hydrogen-bond donors (Lipinski definition) is 2. The number of aryl methyl sites for hydroxylation is 4. The molecule has 2 aromatic rings. The molecule has 0 fully saturated rings. The van der Waals surface area contributed by atoms with Crippen molar-refractivity contribution in [1.82, 2.24) is 20.3 Å². The van der Waals surface area contributed by atoms with Gasteiger partial charge in [-0.1, -0.05) is 11.8 Å². The summed E-state index contributed by atoms with van der Waals surface area (Å²) in [5.74, 6) is -0.0596. The molecule has 0 spiro atoms. The Hall–Kier alpha value is -1.67. The lowest BCUT2D eigenvalue weighted by Gasteiger charge is -2.11. The van der Waals surface area contributed by atoms with Crippen LogP contribution in [0.15, 0.2) is 16.0 Å². The fourth-order valence-corrected chi connectivity index (χ4v) is 3.93. The molecule has 0 saturated carbocycles. The second kappa shape index (κ2) is 8.43. The fraction of sp³-hybridized carbons (Fsp3) is 0.500. The van der Waals surface area contributed by atoms with Crippen molar-refractivity contribution in [1.29, 1.82) is 0 Å². The quantitative estimate of drug-likeness (QED) is 0.446. The van der Waals surface area contributed by atoms with Gasteiger partial charge >= 0.3 is 0 Å². The highest BCUT2D eigenvalue weighted by Crippen LogP contribution is 2.19. The van der Waals surface area contributed by atoms with Gasteiger partial charge in [0.05, 0.1) is 16.0 Å². The first kappa shape index (κ1) is 18.7. The molecule has 0 bridgehead atoms. The van der Waals surface area contributed by atoms with Crippen molar-refractivity contribution in [3.63, 3.8) is 0 Å². The average Bonchev–Trinajstić information content (AvgIpc) is 2.80. The van der Waals surface area contributed by atoms with Crippen molar-refractivity contribution in [3.05, 3.63) is 37.7 Å². The zero-order chi connectivity index (χ0) is 17.7. The SMILES string of the molecule is Cc1cc(=O)[nH]c(S[C@@H](C)C(=O)NCCCc2nc(C)c(C)s2)n1. The van der Waals surface area contributed by atoms with Gasteiger partial charge in [0.1, 0.15) is 0 Å². The van der Waals surface area contributed by atoms with Crippen LogP contribution in [0.2, 0.25) is 0 Å². The van der Waals surface area contributed by atoms with E-state index in [1.807, 2.05) is 6.92 Å². The minimum atomic E-state index is -0.320. The molecule has 0 unspecified atom stereocenters. The van der Waals surface area contributed by atoms with Gasteiger partial charge in [-0.15, -0.1) is 11.3 Å². The van der Waals surface area contributed by atoms with Crippen LogP contribution < -0.4 is 10.9 Å². The van der Waals surface area contributed by atoms with E-state index in [-0.39, 0.29) is 16.7 Å². The van der Waals surface area contributed by atoms with Crippen LogP contribution in [0, 0.1) is 20.8 Å². The van der Waals surface area contributed by atoms with Crippen LogP contribution in [0.4, 0.5) is 0 Å². The Morgan fingerprint density at radius 3 is 2.75 bits per heavy atom. The summed E-state index contributed by atoms with van der Waals surface area (Å²) in [6.07, 6.45) is 1.73. The van der Waals surface area contributed by atoms with Gasteiger partial charge in [-0.05, 0) is 34.1 Å². The number of aromatic nitrogens is 3. The number of carbonyl (C=O) groups excluding carboxylic acids is 1. The molecule has 1 atom stereocenters. The number of carbonyl (C=O) groups is 1. The van der Waals surface area contributed by atoms with E-state index in [2.05, 4.69) is 27.2 Å². The summed E-state index contributed by atoms with van der Waals surface area (Å²) in [7, 11) is 0. The van der Waals surface area contributed by atoms with Crippen LogP contribution in [0.3, 0.4) is 0 Å². The van der Waals surface area contributed by atoms with Gasteiger partial charge in [-0.3, -0.25) is 9.59 Å². The number of nitrogens with zero attached hydrogens (tertiary/aromatic N) is 2. The first-order chi connectivity index (χ1) is 11.3. The monoisotopic (exact) mass is 366 g/mol. The van der Waals surface area contributed by atoms with Gasteiger partial charge in [-0.25, -0.2) is 9.97 Å². The number of thiazole rings is 1. The largest absolute Gasteiger partial charge is 0.355 e. The minimum absolute atomic E-state index is 0.0596. The normalized spacial score (nSPS) is 12.2. The van der Waals surface area contributed by atoms with Crippen molar-refractivity contribution < 1.29 is 4.79 Å². The highest BCUT2D eigenvalue weighted by Gasteiger charge is 2.15. The van der Waals surface area contributed by atoms with E-state index in [1.54, 1.807) is 25.2 Å². The van der Waals surface area contributed by atoms with Crippen molar-refractivity contribution in [2.45, 2.75) is 50.9 Å². The Bertz CT molecular complexity index is 750. The van der Waals surface area contributed by atoms with Gasteiger partial charge in [0.15, 0.2) is 5.16 Å². The molecule has 2 heterocycles. The minimum Gasteiger partial charge on any atom is -0.355 e. The third kappa shape index (κ3) is 5.45. The highest BCUT2D eigenvalue weighted by molar-refractivity contribution is 8.00. The molecule has 2 aromatic heterocycles. The number of thioether (sulfide) groups is 1. The predicted octanol–water partition coefficient (Wildman–Crippen LogP) is 2.38. The van der Waals surface area contributed by atoms with Crippen LogP contribution in [0.25, 0.3) is 0 Å². The number of hydrogen-bond acceptors (Lipinski definition) is 6. The Labute approximate surface area is 149 Å². The zero-order valence-corrected chi connectivity index (χ0v) is 15.9. The standard InChI is InChI=1S/C16H22N4O2S2/c1-9-8-13(21)20-16(18-9)24-12(4)15(22)17-7-5-6-14-19-10(2)11(3)23-14/h8,12H,5-7H2,1-4H3,(H,17,22)(H,18,20,21)/t12-/m0/s1. The molecule has 2 rings (SSSR count). The summed E-state index contributed by atoms with van der Waals surface area (Å²) in [6, 6.07) is 1.43. The molecule has 24 heavy (non-hydrogen) atoms. The summed E-state index contributed by atoms with van der Waals surface area (Å²) >= 11 is 2.96. The Kier molecular flexibility index (Phi) is 6.56. The second-order valence-corrected chi connectivity index (χ2v) is 8.21. The fourth-order valence-electron chi connectivity index (χ4n) is 2.07. The number of aromatic amines is 1. The van der Waals surface area contributed by atoms with E-state index in [1.165, 1.54) is 22.7 Å². The third-order valence-electron chi connectivity index (χ3n) is 3.45. The highest BCUT2D eigenvalue weighted by atomic mass is 32.2. The lowest BCUT2D eigenvalue weighted by atomic mass is 10.3. The van der Waals surface area contributed by atoms with Crippen LogP contribution in [-0.4, -0.2) is 32.7 Å². The van der Waals surface area contributed by atoms with Gasteiger partial charge in [0.25, 0.3) is 5.56 Å². The van der Waals surface area contributed by atoms with Crippen molar-refractivity contribution in [2.24, 2.45) is 0 Å². The molecule has 1 amide bonds. The first-order valence-corrected chi connectivity index (χ1v) is 9.50. The number of amides is 1. The van der Waals surface area contributed by atoms with E-state index in [9.17, 15) is 9.59 Å². The lowest BCUT2D eigenvalue weighted by Crippen LogP contribution is -2.32. The summed E-state index contributed by atoms with van der Waals surface area (Å²) < 4.78 is 0. The van der Waals surface area contributed by atoms with Crippen molar-refractivity contribution in [3.8, 4) is 0 Å². The van der Waals surface area contributed by atoms with Gasteiger partial charge in [0, 0.05) is 29.6 Å².